The Kier molecular flexibility index (Phi) is 13.3. The van der Waals surface area contributed by atoms with Crippen molar-refractivity contribution in [2.45, 2.75) is 117 Å². The number of methoxy groups -OCH3 is 2. The zero-order chi connectivity index (χ0) is 42.8. The molecule has 0 aromatic heterocycles. The predicted octanol–water partition coefficient (Wildman–Crippen LogP) is 11.0. The van der Waals surface area contributed by atoms with Crippen LogP contribution in [0.2, 0.25) is 0 Å². The molecule has 0 aliphatic heterocycles. The number of carbonyl (C=O) groups is 4. The van der Waals surface area contributed by atoms with E-state index in [-0.39, 0.29) is 44.8 Å². The van der Waals surface area contributed by atoms with Gasteiger partial charge < -0.3 is 19.7 Å². The normalized spacial score (nSPS) is 16.5. The Balaban J connectivity index is 0.000000209. The molecule has 57 heavy (non-hydrogen) atoms. The first-order chi connectivity index (χ1) is 26.4. The van der Waals surface area contributed by atoms with Gasteiger partial charge in [0.05, 0.1) is 14.2 Å². The van der Waals surface area contributed by atoms with Gasteiger partial charge in [-0.2, -0.15) is 0 Å². The molecule has 2 aliphatic carbocycles. The monoisotopic (exact) mass is 796 g/mol. The molecule has 0 amide bonds. The number of benzene rings is 4. The van der Waals surface area contributed by atoms with Crippen molar-refractivity contribution in [1.82, 2.24) is 0 Å². The summed E-state index contributed by atoms with van der Waals surface area (Å²) in [7, 11) is 2.45. The van der Waals surface area contributed by atoms with Gasteiger partial charge in [-0.3, -0.25) is 9.59 Å². The molecule has 0 heterocycles. The van der Waals surface area contributed by atoms with Crippen molar-refractivity contribution in [3.63, 3.8) is 0 Å². The third-order valence-electron chi connectivity index (χ3n) is 11.7. The average molecular weight is 797 g/mol. The van der Waals surface area contributed by atoms with E-state index in [4.69, 9.17) is 11.6 Å². The van der Waals surface area contributed by atoms with E-state index in [1.165, 1.54) is 68.0 Å². The Morgan fingerprint density at radius 1 is 0.526 bits per heavy atom. The second-order valence-electron chi connectivity index (χ2n) is 17.8. The maximum Gasteiger partial charge on any atom is 0.341 e. The number of hydrogen-bond donors (Lipinski definition) is 2. The molecule has 0 saturated carbocycles. The number of halogens is 1. The molecule has 8 nitrogen and oxygen atoms in total. The number of phenolic OH excluding ortho intramolecular Hbond substituents is 2. The Labute approximate surface area is 342 Å². The van der Waals surface area contributed by atoms with Crippen LogP contribution in [0.3, 0.4) is 0 Å². The quantitative estimate of drug-likeness (QED) is 0.116. The van der Waals surface area contributed by atoms with E-state index in [1.807, 2.05) is 13.0 Å². The van der Waals surface area contributed by atoms with Crippen LogP contribution in [0.5, 0.6) is 11.5 Å². The molecule has 2 aliphatic rings. The van der Waals surface area contributed by atoms with Gasteiger partial charge in [-0.1, -0.05) is 85.2 Å². The molecule has 0 unspecified atom stereocenters. The maximum absolute atomic E-state index is 13.2. The van der Waals surface area contributed by atoms with E-state index in [2.05, 4.69) is 96.1 Å². The van der Waals surface area contributed by atoms with Crippen molar-refractivity contribution in [1.29, 1.82) is 0 Å². The van der Waals surface area contributed by atoms with Crippen molar-refractivity contribution in [2.75, 3.05) is 14.2 Å². The van der Waals surface area contributed by atoms with Gasteiger partial charge >= 0.3 is 11.9 Å². The van der Waals surface area contributed by atoms with Crippen LogP contribution in [0.25, 0.3) is 0 Å². The molecule has 9 heteroatoms. The number of rotatable bonds is 5. The van der Waals surface area contributed by atoms with E-state index in [9.17, 15) is 29.4 Å². The van der Waals surface area contributed by atoms with Gasteiger partial charge in [-0.15, -0.1) is 0 Å². The van der Waals surface area contributed by atoms with Crippen molar-refractivity contribution >= 4 is 34.6 Å². The van der Waals surface area contributed by atoms with Crippen LogP contribution in [0, 0.1) is 13.8 Å². The SMILES string of the molecule is COC(=O)c1ccc(C(=O)Cl)cc1O.COC(=O)c1ccc(C(=O)c2cc3c(cc2C)C(C)(C)CCC3(C)C)cc1O.Cc1ccc2c(c1)C(C)(C)CCC2(C)C. The number of phenols is 2. The highest BCUT2D eigenvalue weighted by molar-refractivity contribution is 6.67. The molecule has 4 aromatic rings. The zero-order valence-electron chi connectivity index (χ0n) is 35.4. The first kappa shape index (κ1) is 44.8. The Hall–Kier alpha value is -4.95. The second-order valence-corrected chi connectivity index (χ2v) is 18.2. The summed E-state index contributed by atoms with van der Waals surface area (Å²) in [5.41, 5.74) is 9.91. The highest BCUT2D eigenvalue weighted by atomic mass is 35.5. The molecule has 304 valence electrons. The Bertz CT molecular complexity index is 2210. The van der Waals surface area contributed by atoms with Gasteiger partial charge in [0.2, 0.25) is 0 Å². The van der Waals surface area contributed by atoms with E-state index < -0.39 is 17.2 Å². The number of ketones is 1. The average Bonchev–Trinajstić information content (AvgIpc) is 3.14. The first-order valence-electron chi connectivity index (χ1n) is 19.2. The molecule has 0 radical (unpaired) electrons. The summed E-state index contributed by atoms with van der Waals surface area (Å²) in [5.74, 6) is -2.05. The zero-order valence-corrected chi connectivity index (χ0v) is 36.2. The smallest absolute Gasteiger partial charge is 0.341 e. The fraction of sp³-hybridized carbons (Fsp3) is 0.417. The van der Waals surface area contributed by atoms with Crippen LogP contribution in [0.4, 0.5) is 0 Å². The lowest BCUT2D eigenvalue weighted by Crippen LogP contribution is -2.34. The lowest BCUT2D eigenvalue weighted by Gasteiger charge is -2.42. The highest BCUT2D eigenvalue weighted by Crippen LogP contribution is 2.47. The van der Waals surface area contributed by atoms with Crippen LogP contribution in [-0.2, 0) is 31.1 Å². The maximum atomic E-state index is 13.2. The van der Waals surface area contributed by atoms with Crippen LogP contribution in [-0.4, -0.2) is 47.4 Å². The fourth-order valence-corrected chi connectivity index (χ4v) is 7.83. The molecule has 0 spiro atoms. The van der Waals surface area contributed by atoms with Gasteiger partial charge in [0.1, 0.15) is 22.6 Å². The van der Waals surface area contributed by atoms with E-state index in [1.54, 1.807) is 17.2 Å². The van der Waals surface area contributed by atoms with Crippen LogP contribution in [0.15, 0.2) is 66.7 Å². The van der Waals surface area contributed by atoms with Gasteiger partial charge in [-0.05, 0) is 143 Å². The topological polar surface area (TPSA) is 127 Å². The second kappa shape index (κ2) is 16.9. The third-order valence-corrected chi connectivity index (χ3v) is 12.0. The van der Waals surface area contributed by atoms with E-state index in [0.29, 0.717) is 22.0 Å². The number of hydrogen-bond acceptors (Lipinski definition) is 8. The lowest BCUT2D eigenvalue weighted by molar-refractivity contribution is 0.0588. The molecule has 0 saturated heterocycles. The van der Waals surface area contributed by atoms with Crippen molar-refractivity contribution < 1.29 is 38.9 Å². The van der Waals surface area contributed by atoms with Crippen molar-refractivity contribution in [3.05, 3.63) is 128 Å². The van der Waals surface area contributed by atoms with E-state index >= 15 is 0 Å². The number of ether oxygens (including phenoxy) is 2. The van der Waals surface area contributed by atoms with Crippen LogP contribution in [0.1, 0.15) is 161 Å². The minimum atomic E-state index is -0.697. The van der Waals surface area contributed by atoms with Gasteiger partial charge in [-0.25, -0.2) is 9.59 Å². The number of carbonyl (C=O) groups excluding carboxylic acids is 4. The molecule has 4 aromatic carbocycles. The molecule has 6 rings (SSSR count). The van der Waals surface area contributed by atoms with Crippen molar-refractivity contribution in [2.24, 2.45) is 0 Å². The largest absolute Gasteiger partial charge is 0.507 e. The summed E-state index contributed by atoms with van der Waals surface area (Å²) in [6.07, 6.45) is 4.79. The minimum absolute atomic E-state index is 0.00443. The molecule has 0 atom stereocenters. The third kappa shape index (κ3) is 9.78. The van der Waals surface area contributed by atoms with E-state index in [0.717, 1.165) is 24.5 Å². The molecular weight excluding hydrogens is 740 g/mol. The highest BCUT2D eigenvalue weighted by Gasteiger charge is 2.38. The summed E-state index contributed by atoms with van der Waals surface area (Å²) < 4.78 is 9.04. The first-order valence-corrected chi connectivity index (χ1v) is 19.6. The summed E-state index contributed by atoms with van der Waals surface area (Å²) in [6.45, 7) is 22.6. The fourth-order valence-electron chi connectivity index (χ4n) is 7.72. The number of aryl methyl sites for hydroxylation is 2. The molecular formula is C48H57ClO8. The summed E-state index contributed by atoms with van der Waals surface area (Å²) in [5, 5.41) is 18.8. The summed E-state index contributed by atoms with van der Waals surface area (Å²) >= 11 is 5.17. The number of aromatic hydroxyl groups is 2. The van der Waals surface area contributed by atoms with Crippen molar-refractivity contribution in [3.8, 4) is 11.5 Å². The number of fused-ring (bicyclic) bond motifs is 2. The molecule has 0 bridgehead atoms. The summed E-state index contributed by atoms with van der Waals surface area (Å²) in [6, 6.07) is 19.2. The lowest BCUT2D eigenvalue weighted by atomic mass is 9.62. The Morgan fingerprint density at radius 2 is 0.930 bits per heavy atom. The summed E-state index contributed by atoms with van der Waals surface area (Å²) in [4.78, 5) is 46.6. The molecule has 0 fully saturated rings. The van der Waals surface area contributed by atoms with Crippen LogP contribution >= 0.6 is 11.6 Å². The molecule has 2 N–H and O–H groups in total. The number of esters is 2. The Morgan fingerprint density at radius 3 is 1.37 bits per heavy atom. The van der Waals surface area contributed by atoms with Gasteiger partial charge in [0.15, 0.2) is 5.78 Å². The van der Waals surface area contributed by atoms with Gasteiger partial charge in [0.25, 0.3) is 5.24 Å². The van der Waals surface area contributed by atoms with Crippen LogP contribution < -0.4 is 0 Å². The standard InChI is InChI=1S/C24H28O4.C15H22.C9H7ClO4/c1-14-11-18-19(24(4,5)10-9-23(18,2)3)13-17(14)21(26)15-7-8-16(20(25)12-15)22(27)28-6;1-11-6-7-12-13(10-11)15(4,5)9-8-14(12,2)3;1-14-9(13)6-3-2-5(8(10)12)4-7(6)11/h7-8,11-13,25H,9-10H2,1-6H3;6-7,10H,8-9H2,1-5H3;2-4,11H,1H3. The minimum Gasteiger partial charge on any atom is -0.507 e. The van der Waals surface area contributed by atoms with Gasteiger partial charge in [0, 0.05) is 16.7 Å². The predicted molar refractivity (Wildman–Crippen MR) is 225 cm³/mol.